The Kier molecular flexibility index (Phi) is 5.61. The summed E-state index contributed by atoms with van der Waals surface area (Å²) in [7, 11) is -0.557. The van der Waals surface area contributed by atoms with E-state index < -0.39 is 10.0 Å². The van der Waals surface area contributed by atoms with Crippen LogP contribution in [-0.4, -0.2) is 47.6 Å². The highest BCUT2D eigenvalue weighted by atomic mass is 32.2. The van der Waals surface area contributed by atoms with Crippen LogP contribution in [0.15, 0.2) is 52.3 Å². The minimum Gasteiger partial charge on any atom is -0.457 e. The number of imidazole rings is 1. The predicted molar refractivity (Wildman–Crippen MR) is 116 cm³/mol. The number of hydrogen-bond acceptors (Lipinski definition) is 6. The van der Waals surface area contributed by atoms with E-state index in [4.69, 9.17) is 4.74 Å². The van der Waals surface area contributed by atoms with Crippen molar-refractivity contribution < 1.29 is 17.9 Å². The average Bonchev–Trinajstić information content (AvgIpc) is 3.32. The number of carbonyl (C=O) groups is 1. The highest BCUT2D eigenvalue weighted by Crippen LogP contribution is 2.37. The number of ether oxygens (including phenoxy) is 1. The van der Waals surface area contributed by atoms with Crippen molar-refractivity contribution in [3.63, 3.8) is 0 Å². The molecule has 0 spiro atoms. The highest BCUT2D eigenvalue weighted by Gasteiger charge is 2.29. The van der Waals surface area contributed by atoms with E-state index in [1.807, 2.05) is 35.8 Å². The van der Waals surface area contributed by atoms with E-state index in [2.05, 4.69) is 4.98 Å². The third kappa shape index (κ3) is 3.73. The maximum Gasteiger partial charge on any atom is 0.320 e. The van der Waals surface area contributed by atoms with Crippen molar-refractivity contribution in [3.8, 4) is 0 Å². The zero-order valence-corrected chi connectivity index (χ0v) is 18.7. The summed E-state index contributed by atoms with van der Waals surface area (Å²) in [6.45, 7) is 2.65. The molecule has 30 heavy (non-hydrogen) atoms. The normalized spacial score (nSPS) is 16.2. The molecule has 0 saturated carbocycles. The molecule has 0 radical (unpaired) electrons. The number of hydrogen-bond donors (Lipinski definition) is 0. The van der Waals surface area contributed by atoms with Crippen LogP contribution in [0.4, 0.5) is 0 Å². The van der Waals surface area contributed by atoms with Crippen LogP contribution >= 0.6 is 11.8 Å². The lowest BCUT2D eigenvalue weighted by Crippen LogP contribution is -2.22. The Morgan fingerprint density at radius 2 is 2.03 bits per heavy atom. The number of thioether (sulfide) groups is 1. The van der Waals surface area contributed by atoms with Crippen molar-refractivity contribution >= 4 is 38.8 Å². The third-order valence-electron chi connectivity index (χ3n) is 5.15. The van der Waals surface area contributed by atoms with Gasteiger partial charge in [-0.2, -0.15) is 0 Å². The smallest absolute Gasteiger partial charge is 0.320 e. The van der Waals surface area contributed by atoms with Gasteiger partial charge in [0.2, 0.25) is 10.0 Å². The summed E-state index contributed by atoms with van der Waals surface area (Å²) < 4.78 is 33.5. The Hall–Kier alpha value is -2.36. The van der Waals surface area contributed by atoms with Crippen molar-refractivity contribution in [2.45, 2.75) is 41.5 Å². The van der Waals surface area contributed by atoms with Gasteiger partial charge in [-0.05, 0) is 43.2 Å². The standard InChI is InChI=1S/C21H23N3O4S2/c1-4-24-17-10-9-15(30(26,27)23(2)3)12-16(17)22-20(24)13-28-21(25)19-11-14-7-5-6-8-18(14)29-19/h5-10,12,19H,4,11,13H2,1-3H3. The molecule has 9 heteroatoms. The number of benzene rings is 2. The molecule has 7 nitrogen and oxygen atoms in total. The lowest BCUT2D eigenvalue weighted by molar-refractivity contribution is -0.144. The number of nitrogens with zero attached hydrogens (tertiary/aromatic N) is 3. The van der Waals surface area contributed by atoms with Crippen molar-refractivity contribution in [3.05, 3.63) is 53.9 Å². The molecule has 0 N–H and O–H groups in total. The van der Waals surface area contributed by atoms with Gasteiger partial charge in [-0.3, -0.25) is 4.79 Å². The first-order valence-electron chi connectivity index (χ1n) is 9.64. The van der Waals surface area contributed by atoms with Crippen LogP contribution in [0.3, 0.4) is 0 Å². The molecule has 0 saturated heterocycles. The Morgan fingerprint density at radius 3 is 2.73 bits per heavy atom. The topological polar surface area (TPSA) is 81.5 Å². The van der Waals surface area contributed by atoms with Crippen LogP contribution in [0.5, 0.6) is 0 Å². The number of aromatic nitrogens is 2. The van der Waals surface area contributed by atoms with Gasteiger partial charge in [-0.1, -0.05) is 18.2 Å². The lowest BCUT2D eigenvalue weighted by Gasteiger charge is -2.11. The molecule has 0 amide bonds. The molecule has 158 valence electrons. The van der Waals surface area contributed by atoms with Gasteiger partial charge in [-0.25, -0.2) is 17.7 Å². The van der Waals surface area contributed by atoms with Gasteiger partial charge in [0.25, 0.3) is 0 Å². The van der Waals surface area contributed by atoms with Gasteiger partial charge in [-0.15, -0.1) is 11.8 Å². The highest BCUT2D eigenvalue weighted by molar-refractivity contribution is 8.01. The quantitative estimate of drug-likeness (QED) is 0.543. The minimum atomic E-state index is -3.55. The number of carbonyl (C=O) groups excluding carboxylic acids is 1. The monoisotopic (exact) mass is 445 g/mol. The molecular formula is C21H23N3O4S2. The van der Waals surface area contributed by atoms with Gasteiger partial charge in [0.05, 0.1) is 15.9 Å². The van der Waals surface area contributed by atoms with Crippen molar-refractivity contribution in [2.75, 3.05) is 14.1 Å². The summed E-state index contributed by atoms with van der Waals surface area (Å²) in [5.74, 6) is 0.336. The minimum absolute atomic E-state index is 0.0462. The van der Waals surface area contributed by atoms with Crippen LogP contribution in [0, 0.1) is 0 Å². The second kappa shape index (κ2) is 8.05. The summed E-state index contributed by atoms with van der Waals surface area (Å²) in [5.41, 5.74) is 2.54. The number of rotatable bonds is 6. The van der Waals surface area contributed by atoms with Gasteiger partial charge in [0.15, 0.2) is 0 Å². The van der Waals surface area contributed by atoms with Gasteiger partial charge < -0.3 is 9.30 Å². The zero-order valence-electron chi connectivity index (χ0n) is 17.0. The lowest BCUT2D eigenvalue weighted by atomic mass is 10.1. The fourth-order valence-electron chi connectivity index (χ4n) is 3.54. The summed E-state index contributed by atoms with van der Waals surface area (Å²) in [6, 6.07) is 12.9. The Bertz CT molecular complexity index is 1190. The van der Waals surface area contributed by atoms with Crippen molar-refractivity contribution in [1.29, 1.82) is 0 Å². The summed E-state index contributed by atoms with van der Waals surface area (Å²) in [5, 5.41) is -0.251. The molecule has 0 aliphatic carbocycles. The zero-order chi connectivity index (χ0) is 21.5. The molecule has 0 fully saturated rings. The Labute approximate surface area is 180 Å². The molecule has 1 aliphatic heterocycles. The molecule has 1 aromatic heterocycles. The first kappa shape index (κ1) is 20.9. The molecule has 0 bridgehead atoms. The Morgan fingerprint density at radius 1 is 1.27 bits per heavy atom. The van der Waals surface area contributed by atoms with Crippen LogP contribution < -0.4 is 0 Å². The van der Waals surface area contributed by atoms with Crippen LogP contribution in [0.25, 0.3) is 11.0 Å². The fourth-order valence-corrected chi connectivity index (χ4v) is 5.65. The molecule has 2 aromatic carbocycles. The predicted octanol–water partition coefficient (Wildman–Crippen LogP) is 3.07. The van der Waals surface area contributed by atoms with Crippen LogP contribution in [0.1, 0.15) is 18.3 Å². The van der Waals surface area contributed by atoms with E-state index in [1.165, 1.54) is 35.7 Å². The molecule has 1 aliphatic rings. The largest absolute Gasteiger partial charge is 0.457 e. The van der Waals surface area contributed by atoms with E-state index in [0.29, 0.717) is 24.3 Å². The molecular weight excluding hydrogens is 422 g/mol. The number of fused-ring (bicyclic) bond motifs is 2. The van der Waals surface area contributed by atoms with Crippen molar-refractivity contribution in [2.24, 2.45) is 0 Å². The Balaban J connectivity index is 1.53. The van der Waals surface area contributed by atoms with E-state index in [9.17, 15) is 13.2 Å². The van der Waals surface area contributed by atoms with Gasteiger partial charge >= 0.3 is 5.97 Å². The molecule has 2 heterocycles. The van der Waals surface area contributed by atoms with E-state index >= 15 is 0 Å². The van der Waals surface area contributed by atoms with E-state index in [0.717, 1.165) is 10.4 Å². The fraction of sp³-hybridized carbons (Fsp3) is 0.333. The van der Waals surface area contributed by atoms with Crippen LogP contribution in [0.2, 0.25) is 0 Å². The maximum atomic E-state index is 12.6. The summed E-state index contributed by atoms with van der Waals surface area (Å²) in [4.78, 5) is 18.5. The second-order valence-electron chi connectivity index (χ2n) is 7.24. The molecule has 3 aromatic rings. The third-order valence-corrected chi connectivity index (χ3v) is 8.25. The van der Waals surface area contributed by atoms with Gasteiger partial charge in [0.1, 0.15) is 17.7 Å². The molecule has 4 rings (SSSR count). The SMILES string of the molecule is CCn1c(COC(=O)C2Cc3ccccc3S2)nc2cc(S(=O)(=O)N(C)C)ccc21. The number of esters is 1. The maximum absolute atomic E-state index is 12.6. The van der Waals surface area contributed by atoms with Crippen LogP contribution in [-0.2, 0) is 39.1 Å². The average molecular weight is 446 g/mol. The number of aryl methyl sites for hydroxylation is 1. The van der Waals surface area contributed by atoms with Crippen molar-refractivity contribution in [1.82, 2.24) is 13.9 Å². The first-order valence-corrected chi connectivity index (χ1v) is 12.0. The first-order chi connectivity index (χ1) is 14.3. The number of sulfonamides is 1. The molecule has 1 unspecified atom stereocenters. The van der Waals surface area contributed by atoms with E-state index in [1.54, 1.807) is 18.2 Å². The van der Waals surface area contributed by atoms with Gasteiger partial charge in [0, 0.05) is 25.5 Å². The van der Waals surface area contributed by atoms with E-state index in [-0.39, 0.29) is 22.7 Å². The summed E-state index contributed by atoms with van der Waals surface area (Å²) in [6.07, 6.45) is 0.662. The summed E-state index contributed by atoms with van der Waals surface area (Å²) >= 11 is 1.53. The molecule has 1 atom stereocenters. The second-order valence-corrected chi connectivity index (χ2v) is 10.6.